The van der Waals surface area contributed by atoms with Gasteiger partial charge >= 0.3 is 5.97 Å². The quantitative estimate of drug-likeness (QED) is 0.841. The summed E-state index contributed by atoms with van der Waals surface area (Å²) in [5.74, 6) is -0.432. The summed E-state index contributed by atoms with van der Waals surface area (Å²) in [4.78, 5) is 15.0. The smallest absolute Gasteiger partial charge is 0.303 e. The molecule has 0 saturated carbocycles. The molecule has 0 bridgehead atoms. The number of phenols is 1. The van der Waals surface area contributed by atoms with Crippen LogP contribution in [0.4, 0.5) is 5.69 Å². The molecule has 2 rings (SSSR count). The van der Waals surface area contributed by atoms with E-state index in [1.165, 1.54) is 0 Å². The second-order valence-corrected chi connectivity index (χ2v) is 4.84. The summed E-state index contributed by atoms with van der Waals surface area (Å²) in [5, 5.41) is 17.9. The van der Waals surface area contributed by atoms with Gasteiger partial charge in [-0.2, -0.15) is 0 Å². The Hall–Kier alpha value is -1.75. The highest BCUT2D eigenvalue weighted by Crippen LogP contribution is 2.19. The van der Waals surface area contributed by atoms with Crippen molar-refractivity contribution in [2.75, 3.05) is 37.6 Å². The number of piperazine rings is 1. The van der Waals surface area contributed by atoms with Crippen LogP contribution in [0.5, 0.6) is 5.75 Å². The van der Waals surface area contributed by atoms with Crippen molar-refractivity contribution in [1.82, 2.24) is 4.90 Å². The summed E-state index contributed by atoms with van der Waals surface area (Å²) >= 11 is 0. The molecule has 0 unspecified atom stereocenters. The molecule has 1 aliphatic heterocycles. The van der Waals surface area contributed by atoms with Gasteiger partial charge < -0.3 is 15.1 Å². The van der Waals surface area contributed by atoms with Crippen molar-refractivity contribution in [3.8, 4) is 5.75 Å². The van der Waals surface area contributed by atoms with Crippen LogP contribution < -0.4 is 4.90 Å². The van der Waals surface area contributed by atoms with Gasteiger partial charge in [0.1, 0.15) is 5.75 Å². The highest BCUT2D eigenvalue weighted by Gasteiger charge is 2.16. The van der Waals surface area contributed by atoms with Gasteiger partial charge in [0.05, 0.1) is 0 Å². The minimum atomic E-state index is -0.720. The molecule has 5 heteroatoms. The average molecular weight is 264 g/mol. The van der Waals surface area contributed by atoms with Crippen LogP contribution >= 0.6 is 0 Å². The lowest BCUT2D eigenvalue weighted by Gasteiger charge is -2.36. The van der Waals surface area contributed by atoms with E-state index in [1.54, 1.807) is 12.1 Å². The normalized spacial score (nSPS) is 16.5. The topological polar surface area (TPSA) is 64.0 Å². The second kappa shape index (κ2) is 6.43. The number of anilines is 1. The molecule has 1 aliphatic rings. The fraction of sp³-hybridized carbons (Fsp3) is 0.500. The van der Waals surface area contributed by atoms with E-state index in [0.717, 1.165) is 38.4 Å². The Bertz CT molecular complexity index is 411. The fourth-order valence-electron chi connectivity index (χ4n) is 2.35. The number of benzene rings is 1. The monoisotopic (exact) mass is 264 g/mol. The minimum absolute atomic E-state index is 0.248. The molecule has 0 spiro atoms. The standard InChI is InChI=1S/C14H20N2O3/c17-13-5-3-12(4-6-13)16-10-8-15(9-11-16)7-1-2-14(18)19/h3-6,17H,1-2,7-11H2,(H,18,19). The van der Waals surface area contributed by atoms with E-state index in [1.807, 2.05) is 12.1 Å². The number of aromatic hydroxyl groups is 1. The molecule has 0 aromatic heterocycles. The molecule has 0 amide bonds. The van der Waals surface area contributed by atoms with Gasteiger partial charge in [0.2, 0.25) is 0 Å². The molecular weight excluding hydrogens is 244 g/mol. The maximum Gasteiger partial charge on any atom is 0.303 e. The van der Waals surface area contributed by atoms with Gasteiger partial charge in [-0.15, -0.1) is 0 Å². The summed E-state index contributed by atoms with van der Waals surface area (Å²) < 4.78 is 0. The van der Waals surface area contributed by atoms with E-state index in [9.17, 15) is 9.90 Å². The molecule has 19 heavy (non-hydrogen) atoms. The number of rotatable bonds is 5. The lowest BCUT2D eigenvalue weighted by Crippen LogP contribution is -2.46. The largest absolute Gasteiger partial charge is 0.508 e. The van der Waals surface area contributed by atoms with Crippen LogP contribution in [-0.4, -0.2) is 53.8 Å². The highest BCUT2D eigenvalue weighted by atomic mass is 16.4. The van der Waals surface area contributed by atoms with Crippen molar-refractivity contribution in [1.29, 1.82) is 0 Å². The van der Waals surface area contributed by atoms with E-state index >= 15 is 0 Å². The first-order valence-electron chi connectivity index (χ1n) is 6.63. The maximum atomic E-state index is 10.5. The van der Waals surface area contributed by atoms with Crippen LogP contribution in [0.15, 0.2) is 24.3 Å². The predicted molar refractivity (Wildman–Crippen MR) is 73.6 cm³/mol. The SMILES string of the molecule is O=C(O)CCCN1CCN(c2ccc(O)cc2)CC1. The first-order valence-corrected chi connectivity index (χ1v) is 6.63. The van der Waals surface area contributed by atoms with Crippen molar-refractivity contribution >= 4 is 11.7 Å². The molecule has 0 atom stereocenters. The Balaban J connectivity index is 1.76. The number of phenolic OH excluding ortho intramolecular Hbond substituents is 1. The third kappa shape index (κ3) is 4.13. The van der Waals surface area contributed by atoms with Crippen molar-refractivity contribution < 1.29 is 15.0 Å². The second-order valence-electron chi connectivity index (χ2n) is 4.84. The number of hydrogen-bond donors (Lipinski definition) is 2. The molecule has 5 nitrogen and oxygen atoms in total. The van der Waals surface area contributed by atoms with Crippen LogP contribution in [0.2, 0.25) is 0 Å². The Kier molecular flexibility index (Phi) is 4.63. The number of hydrogen-bond acceptors (Lipinski definition) is 4. The number of carboxylic acid groups (broad SMARTS) is 1. The summed E-state index contributed by atoms with van der Waals surface area (Å²) in [5.41, 5.74) is 1.13. The lowest BCUT2D eigenvalue weighted by atomic mass is 10.2. The maximum absolute atomic E-state index is 10.5. The van der Waals surface area contributed by atoms with Crippen LogP contribution in [-0.2, 0) is 4.79 Å². The zero-order valence-electron chi connectivity index (χ0n) is 11.0. The van der Waals surface area contributed by atoms with E-state index in [2.05, 4.69) is 9.80 Å². The Labute approximate surface area is 113 Å². The van der Waals surface area contributed by atoms with E-state index < -0.39 is 5.97 Å². The van der Waals surface area contributed by atoms with Crippen LogP contribution in [0, 0.1) is 0 Å². The van der Waals surface area contributed by atoms with Gasteiger partial charge in [0.25, 0.3) is 0 Å². The van der Waals surface area contributed by atoms with Gasteiger partial charge in [-0.05, 0) is 37.2 Å². The van der Waals surface area contributed by atoms with Gasteiger partial charge in [-0.3, -0.25) is 9.69 Å². The van der Waals surface area contributed by atoms with Crippen LogP contribution in [0.3, 0.4) is 0 Å². The van der Waals surface area contributed by atoms with Crippen LogP contribution in [0.25, 0.3) is 0 Å². The average Bonchev–Trinajstić information content (AvgIpc) is 2.40. The van der Waals surface area contributed by atoms with Gasteiger partial charge in [-0.1, -0.05) is 0 Å². The van der Waals surface area contributed by atoms with Crippen molar-refractivity contribution in [3.05, 3.63) is 24.3 Å². The summed E-state index contributed by atoms with van der Waals surface area (Å²) in [6.07, 6.45) is 0.965. The molecule has 1 fully saturated rings. The van der Waals surface area contributed by atoms with Crippen molar-refractivity contribution in [3.63, 3.8) is 0 Å². The fourth-order valence-corrected chi connectivity index (χ4v) is 2.35. The Morgan fingerprint density at radius 3 is 2.32 bits per heavy atom. The van der Waals surface area contributed by atoms with Crippen molar-refractivity contribution in [2.24, 2.45) is 0 Å². The lowest BCUT2D eigenvalue weighted by molar-refractivity contribution is -0.137. The minimum Gasteiger partial charge on any atom is -0.508 e. The highest BCUT2D eigenvalue weighted by molar-refractivity contribution is 5.66. The molecule has 0 aliphatic carbocycles. The summed E-state index contributed by atoms with van der Waals surface area (Å²) in [7, 11) is 0. The zero-order valence-corrected chi connectivity index (χ0v) is 11.0. The van der Waals surface area contributed by atoms with Gasteiger partial charge in [-0.25, -0.2) is 0 Å². The number of carboxylic acids is 1. The number of nitrogens with zero attached hydrogens (tertiary/aromatic N) is 2. The number of aliphatic carboxylic acids is 1. The third-order valence-corrected chi connectivity index (χ3v) is 3.45. The molecule has 2 N–H and O–H groups in total. The molecular formula is C14H20N2O3. The first kappa shape index (κ1) is 13.7. The Morgan fingerprint density at radius 2 is 1.74 bits per heavy atom. The molecule has 1 heterocycles. The summed E-state index contributed by atoms with van der Waals surface area (Å²) in [6, 6.07) is 7.26. The zero-order chi connectivity index (χ0) is 13.7. The van der Waals surface area contributed by atoms with Crippen molar-refractivity contribution in [2.45, 2.75) is 12.8 Å². The van der Waals surface area contributed by atoms with Gasteiger partial charge in [0.15, 0.2) is 0 Å². The number of carbonyl (C=O) groups is 1. The molecule has 1 aromatic rings. The van der Waals surface area contributed by atoms with Gasteiger partial charge in [0, 0.05) is 38.3 Å². The van der Waals surface area contributed by atoms with E-state index in [4.69, 9.17) is 5.11 Å². The van der Waals surface area contributed by atoms with Crippen LogP contribution in [0.1, 0.15) is 12.8 Å². The first-order chi connectivity index (χ1) is 9.15. The van der Waals surface area contributed by atoms with E-state index in [0.29, 0.717) is 6.42 Å². The molecule has 0 radical (unpaired) electrons. The Morgan fingerprint density at radius 1 is 1.11 bits per heavy atom. The molecule has 1 aromatic carbocycles. The predicted octanol–water partition coefficient (Wildman–Crippen LogP) is 1.38. The summed E-state index contributed by atoms with van der Waals surface area (Å²) in [6.45, 7) is 4.66. The molecule has 104 valence electrons. The third-order valence-electron chi connectivity index (χ3n) is 3.45. The molecule has 1 saturated heterocycles. The van der Waals surface area contributed by atoms with E-state index in [-0.39, 0.29) is 12.2 Å².